The van der Waals surface area contributed by atoms with Gasteiger partial charge in [0.1, 0.15) is 0 Å². The molecule has 0 unspecified atom stereocenters. The van der Waals surface area contributed by atoms with Crippen molar-refractivity contribution < 1.29 is 12.3 Å². The van der Waals surface area contributed by atoms with Gasteiger partial charge in [0.15, 0.2) is 0 Å². The van der Waals surface area contributed by atoms with Crippen molar-refractivity contribution in [3.8, 4) is 22.3 Å². The molecule has 0 aliphatic rings. The summed E-state index contributed by atoms with van der Waals surface area (Å²) in [7, 11) is 0. The molecular weight excluding hydrogens is 392 g/mol. The zero-order chi connectivity index (χ0) is 26.0. The fraction of sp³-hybridized carbons (Fsp3) is 0. The maximum atomic E-state index is 8.90. The van der Waals surface area contributed by atoms with E-state index in [0.717, 1.165) is 26.0 Å². The van der Waals surface area contributed by atoms with Gasteiger partial charge in [0.25, 0.3) is 0 Å². The van der Waals surface area contributed by atoms with Gasteiger partial charge in [-0.3, -0.25) is 0 Å². The second kappa shape index (κ2) is 6.68. The molecule has 128 valence electrons. The van der Waals surface area contributed by atoms with Crippen LogP contribution in [0.25, 0.3) is 43.8 Å². The Balaban J connectivity index is 1.96. The second-order valence-electron chi connectivity index (χ2n) is 6.03. The van der Waals surface area contributed by atoms with Crippen molar-refractivity contribution >= 4 is 37.5 Å². The van der Waals surface area contributed by atoms with E-state index in [-0.39, 0.29) is 28.8 Å². The highest BCUT2D eigenvalue weighted by Crippen LogP contribution is 2.41. The molecule has 0 saturated heterocycles. The molecule has 0 atom stereocenters. The molecule has 0 amide bonds. The van der Waals surface area contributed by atoms with Crippen molar-refractivity contribution in [3.63, 3.8) is 0 Å². The van der Waals surface area contributed by atoms with Crippen LogP contribution in [-0.4, -0.2) is 0 Å². The van der Waals surface area contributed by atoms with E-state index in [1.807, 2.05) is 48.5 Å². The summed E-state index contributed by atoms with van der Waals surface area (Å²) in [6, 6.07) is 10.4. The van der Waals surface area contributed by atoms with Crippen LogP contribution >= 0.6 is 15.9 Å². The minimum Gasteiger partial charge on any atom is -0.0622 e. The van der Waals surface area contributed by atoms with Crippen molar-refractivity contribution in [3.05, 3.63) is 107 Å². The molecule has 0 aromatic heterocycles. The summed E-state index contributed by atoms with van der Waals surface area (Å²) in [5.41, 5.74) is -0.0541. The van der Waals surface area contributed by atoms with Gasteiger partial charge in [-0.2, -0.15) is 0 Å². The van der Waals surface area contributed by atoms with Crippen LogP contribution < -0.4 is 0 Å². The first kappa shape index (κ1) is 9.34. The first-order valence-corrected chi connectivity index (χ1v) is 9.14. The number of fused-ring (bicyclic) bond motifs is 2. The van der Waals surface area contributed by atoms with Gasteiger partial charge in [-0.15, -0.1) is 0 Å². The first-order valence-electron chi connectivity index (χ1n) is 12.8. The highest BCUT2D eigenvalue weighted by Gasteiger charge is 2.13. The summed E-state index contributed by atoms with van der Waals surface area (Å²) in [5.74, 6) is 0. The van der Waals surface area contributed by atoms with Gasteiger partial charge >= 0.3 is 0 Å². The van der Waals surface area contributed by atoms with E-state index in [9.17, 15) is 0 Å². The maximum absolute atomic E-state index is 8.90. The average molecular weight is 418 g/mol. The summed E-state index contributed by atoms with van der Waals surface area (Å²) < 4.78 is 76.6. The molecule has 0 aliphatic carbocycles. The maximum Gasteiger partial charge on any atom is 0.0629 e. The number of halogens is 1. The first-order chi connectivity index (χ1) is 17.1. The Kier molecular flexibility index (Phi) is 2.31. The highest BCUT2D eigenvalue weighted by atomic mass is 79.9. The lowest BCUT2D eigenvalue weighted by Gasteiger charge is -2.14. The van der Waals surface area contributed by atoms with Crippen molar-refractivity contribution in [2.75, 3.05) is 0 Å². The van der Waals surface area contributed by atoms with Crippen molar-refractivity contribution in [2.24, 2.45) is 0 Å². The topological polar surface area (TPSA) is 0 Å². The molecule has 0 heterocycles. The fourth-order valence-electron chi connectivity index (χ4n) is 3.28. The number of hydrogen-bond donors (Lipinski definition) is 0. The summed E-state index contributed by atoms with van der Waals surface area (Å²) in [6.07, 6.45) is 0. The minimum absolute atomic E-state index is 0.0843. The number of benzene rings is 5. The third kappa shape index (κ3) is 2.75. The van der Waals surface area contributed by atoms with Crippen LogP contribution in [0, 0.1) is 0 Å². The Morgan fingerprint density at radius 1 is 0.519 bits per heavy atom. The van der Waals surface area contributed by atoms with E-state index in [1.165, 1.54) is 0 Å². The van der Waals surface area contributed by atoms with Crippen molar-refractivity contribution in [1.82, 2.24) is 0 Å². The Morgan fingerprint density at radius 3 is 1.52 bits per heavy atom. The highest BCUT2D eigenvalue weighted by molar-refractivity contribution is 9.10. The van der Waals surface area contributed by atoms with Crippen LogP contribution in [0.3, 0.4) is 0 Å². The lowest BCUT2D eigenvalue weighted by Crippen LogP contribution is -1.87. The molecule has 0 aliphatic heterocycles. The second-order valence-corrected chi connectivity index (χ2v) is 6.82. The lowest BCUT2D eigenvalue weighted by atomic mass is 9.91. The van der Waals surface area contributed by atoms with Gasteiger partial charge < -0.3 is 0 Å². The Hall–Kier alpha value is -2.90. The van der Waals surface area contributed by atoms with Crippen LogP contribution in [0.15, 0.2) is 107 Å². The lowest BCUT2D eigenvalue weighted by molar-refractivity contribution is 1.61. The third-order valence-electron chi connectivity index (χ3n) is 4.49. The zero-order valence-corrected chi connectivity index (χ0v) is 15.6. The summed E-state index contributed by atoms with van der Waals surface area (Å²) in [6.45, 7) is 0. The molecule has 1 heteroatoms. The number of rotatable bonds is 2. The largest absolute Gasteiger partial charge is 0.0629 e. The van der Waals surface area contributed by atoms with Gasteiger partial charge in [0.2, 0.25) is 0 Å². The molecule has 0 N–H and O–H groups in total. The minimum atomic E-state index is -0.600. The standard InChI is InChI=1S/C26H17Br/c27-26-23-12-6-4-10-21(23)25(22-11-5-7-13-24(22)26)20-16-14-19(15-17-20)18-8-2-1-3-9-18/h1-17H/i1D,2D,3D,8D,9D,14D,15D,16D,17D. The average Bonchev–Trinajstić information content (AvgIpc) is 2.89. The smallest absolute Gasteiger partial charge is 0.0622 e. The van der Waals surface area contributed by atoms with Gasteiger partial charge in [0, 0.05) is 4.47 Å². The van der Waals surface area contributed by atoms with E-state index in [1.54, 1.807) is 0 Å². The van der Waals surface area contributed by atoms with Crippen LogP contribution in [0.2, 0.25) is 0 Å². The predicted molar refractivity (Wildman–Crippen MR) is 120 cm³/mol. The fourth-order valence-corrected chi connectivity index (χ4v) is 3.97. The molecule has 0 bridgehead atoms. The van der Waals surface area contributed by atoms with Crippen LogP contribution in [0.1, 0.15) is 12.3 Å². The summed E-state index contributed by atoms with van der Waals surface area (Å²) in [4.78, 5) is 0. The zero-order valence-electron chi connectivity index (χ0n) is 23.0. The molecule has 0 radical (unpaired) electrons. The predicted octanol–water partition coefficient (Wildman–Crippen LogP) is 8.09. The molecule has 5 rings (SSSR count). The Labute approximate surface area is 179 Å². The SMILES string of the molecule is [2H]c1c([2H])c([2H])c(-c2c([2H])c([2H])c(-c3c4ccccc4c(Br)c4ccccc34)c([2H])c2[2H])c([2H])c1[2H]. The van der Waals surface area contributed by atoms with Crippen molar-refractivity contribution in [1.29, 1.82) is 0 Å². The van der Waals surface area contributed by atoms with Crippen LogP contribution in [0.4, 0.5) is 0 Å². The molecule has 0 nitrogen and oxygen atoms in total. The van der Waals surface area contributed by atoms with Crippen LogP contribution in [-0.2, 0) is 0 Å². The van der Waals surface area contributed by atoms with Crippen LogP contribution in [0.5, 0.6) is 0 Å². The Morgan fingerprint density at radius 2 is 0.963 bits per heavy atom. The van der Waals surface area contributed by atoms with Gasteiger partial charge in [-0.1, -0.05) is 103 Å². The summed E-state index contributed by atoms with van der Waals surface area (Å²) >= 11 is 3.67. The molecule has 0 spiro atoms. The number of hydrogen-bond acceptors (Lipinski definition) is 0. The van der Waals surface area contributed by atoms with E-state index < -0.39 is 42.3 Å². The van der Waals surface area contributed by atoms with Gasteiger partial charge in [-0.25, -0.2) is 0 Å². The molecular formula is C26H17Br. The van der Waals surface area contributed by atoms with Gasteiger partial charge in [-0.05, 0) is 59.7 Å². The Bertz CT molecular complexity index is 1630. The molecule has 0 fully saturated rings. The quantitative estimate of drug-likeness (QED) is 0.254. The molecule has 5 aromatic carbocycles. The van der Waals surface area contributed by atoms with Gasteiger partial charge in [0.05, 0.1) is 12.3 Å². The molecule has 0 saturated carbocycles. The van der Waals surface area contributed by atoms with E-state index in [4.69, 9.17) is 12.3 Å². The van der Waals surface area contributed by atoms with Crippen molar-refractivity contribution in [2.45, 2.75) is 0 Å². The molecule has 27 heavy (non-hydrogen) atoms. The molecule has 5 aromatic rings. The normalized spacial score (nSPS) is 15.8. The van der Waals surface area contributed by atoms with E-state index in [2.05, 4.69) is 15.9 Å². The van der Waals surface area contributed by atoms with E-state index in [0.29, 0.717) is 5.56 Å². The third-order valence-corrected chi connectivity index (χ3v) is 5.35. The monoisotopic (exact) mass is 417 g/mol. The summed E-state index contributed by atoms with van der Waals surface area (Å²) in [5, 5.41) is 3.16. The van der Waals surface area contributed by atoms with E-state index >= 15 is 0 Å².